The van der Waals surface area contributed by atoms with Gasteiger partial charge in [0.15, 0.2) is 5.65 Å². The molecule has 3 rings (SSSR count). The van der Waals surface area contributed by atoms with Gasteiger partial charge >= 0.3 is 0 Å². The number of aliphatic hydroxyl groups is 1. The summed E-state index contributed by atoms with van der Waals surface area (Å²) in [6.45, 7) is 5.80. The number of nitrogens with zero attached hydrogens (tertiary/aromatic N) is 5. The van der Waals surface area contributed by atoms with Crippen molar-refractivity contribution in [2.24, 2.45) is 0 Å². The molecule has 6 heteroatoms. The standard InChI is InChI=1S/C14H21N5O/c1-17-5-7-18(8-6-17)11-13-16-12-3-2-4-15-14(12)19(13)9-10-20/h2-4,20H,5-11H2,1H3. The summed E-state index contributed by atoms with van der Waals surface area (Å²) in [5, 5.41) is 9.27. The average molecular weight is 275 g/mol. The Hall–Kier alpha value is -1.50. The molecule has 0 atom stereocenters. The topological polar surface area (TPSA) is 57.4 Å². The zero-order valence-corrected chi connectivity index (χ0v) is 11.9. The first-order valence-corrected chi connectivity index (χ1v) is 7.10. The molecule has 0 radical (unpaired) electrons. The van der Waals surface area contributed by atoms with Gasteiger partial charge < -0.3 is 14.6 Å². The van der Waals surface area contributed by atoms with E-state index in [0.29, 0.717) is 6.54 Å². The maximum atomic E-state index is 9.27. The monoisotopic (exact) mass is 275 g/mol. The quantitative estimate of drug-likeness (QED) is 0.862. The molecule has 0 saturated carbocycles. The van der Waals surface area contributed by atoms with Crippen LogP contribution in [0.2, 0.25) is 0 Å². The molecule has 0 aliphatic carbocycles. The number of hydrogen-bond acceptors (Lipinski definition) is 5. The van der Waals surface area contributed by atoms with E-state index in [4.69, 9.17) is 0 Å². The van der Waals surface area contributed by atoms with Crippen LogP contribution in [-0.4, -0.2) is 69.3 Å². The molecule has 0 unspecified atom stereocenters. The molecule has 108 valence electrons. The zero-order chi connectivity index (χ0) is 13.9. The largest absolute Gasteiger partial charge is 0.395 e. The first kappa shape index (κ1) is 13.5. The number of piperazine rings is 1. The SMILES string of the molecule is CN1CCN(Cc2nc3cccnc3n2CCO)CC1. The molecule has 0 bridgehead atoms. The number of pyridine rings is 1. The van der Waals surface area contributed by atoms with E-state index in [1.165, 1.54) is 0 Å². The van der Waals surface area contributed by atoms with E-state index in [2.05, 4.69) is 26.8 Å². The van der Waals surface area contributed by atoms with Gasteiger partial charge in [-0.2, -0.15) is 0 Å². The predicted octanol–water partition coefficient (Wildman–Crippen LogP) is 0.171. The molecule has 3 heterocycles. The Morgan fingerprint density at radius 2 is 2.05 bits per heavy atom. The van der Waals surface area contributed by atoms with Crippen LogP contribution in [0.4, 0.5) is 0 Å². The van der Waals surface area contributed by atoms with E-state index >= 15 is 0 Å². The summed E-state index contributed by atoms with van der Waals surface area (Å²) >= 11 is 0. The maximum Gasteiger partial charge on any atom is 0.160 e. The Balaban J connectivity index is 1.84. The van der Waals surface area contributed by atoms with Crippen LogP contribution in [-0.2, 0) is 13.1 Å². The molecule has 1 N–H and O–H groups in total. The summed E-state index contributed by atoms with van der Waals surface area (Å²) in [5.41, 5.74) is 1.77. The van der Waals surface area contributed by atoms with Crippen molar-refractivity contribution in [1.29, 1.82) is 0 Å². The summed E-state index contributed by atoms with van der Waals surface area (Å²) in [4.78, 5) is 13.8. The van der Waals surface area contributed by atoms with Gasteiger partial charge in [-0.25, -0.2) is 9.97 Å². The molecule has 1 fully saturated rings. The minimum atomic E-state index is 0.109. The fourth-order valence-electron chi connectivity index (χ4n) is 2.67. The highest BCUT2D eigenvalue weighted by atomic mass is 16.3. The summed E-state index contributed by atoms with van der Waals surface area (Å²) in [7, 11) is 2.16. The number of aliphatic hydroxyl groups excluding tert-OH is 1. The molecule has 2 aromatic heterocycles. The summed E-state index contributed by atoms with van der Waals surface area (Å²) in [6.07, 6.45) is 1.78. The fraction of sp³-hybridized carbons (Fsp3) is 0.571. The smallest absolute Gasteiger partial charge is 0.160 e. The van der Waals surface area contributed by atoms with E-state index in [9.17, 15) is 5.11 Å². The highest BCUT2D eigenvalue weighted by molar-refractivity contribution is 5.71. The van der Waals surface area contributed by atoms with Crippen LogP contribution >= 0.6 is 0 Å². The zero-order valence-electron chi connectivity index (χ0n) is 11.9. The van der Waals surface area contributed by atoms with Crippen molar-refractivity contribution in [3.63, 3.8) is 0 Å². The Kier molecular flexibility index (Phi) is 3.95. The lowest BCUT2D eigenvalue weighted by Crippen LogP contribution is -2.44. The number of rotatable bonds is 4. The minimum Gasteiger partial charge on any atom is -0.395 e. The van der Waals surface area contributed by atoms with Crippen LogP contribution in [0.15, 0.2) is 18.3 Å². The van der Waals surface area contributed by atoms with Crippen LogP contribution in [0.5, 0.6) is 0 Å². The number of aromatic nitrogens is 3. The third-order valence-electron chi connectivity index (χ3n) is 3.87. The fourth-order valence-corrected chi connectivity index (χ4v) is 2.67. The van der Waals surface area contributed by atoms with Crippen molar-refractivity contribution in [2.45, 2.75) is 13.1 Å². The molecule has 20 heavy (non-hydrogen) atoms. The second kappa shape index (κ2) is 5.87. The first-order chi connectivity index (χ1) is 9.78. The van der Waals surface area contributed by atoms with Crippen molar-refractivity contribution in [3.8, 4) is 0 Å². The van der Waals surface area contributed by atoms with Crippen molar-refractivity contribution in [1.82, 2.24) is 24.3 Å². The van der Waals surface area contributed by atoms with Gasteiger partial charge in [0, 0.05) is 38.9 Å². The third-order valence-corrected chi connectivity index (χ3v) is 3.87. The van der Waals surface area contributed by atoms with E-state index in [1.807, 2.05) is 16.7 Å². The van der Waals surface area contributed by atoms with E-state index in [1.54, 1.807) is 6.20 Å². The molecule has 1 aliphatic heterocycles. The molecule has 2 aromatic rings. The lowest BCUT2D eigenvalue weighted by atomic mass is 10.3. The second-order valence-electron chi connectivity index (χ2n) is 5.33. The van der Waals surface area contributed by atoms with Crippen molar-refractivity contribution in [3.05, 3.63) is 24.2 Å². The lowest BCUT2D eigenvalue weighted by molar-refractivity contribution is 0.143. The molecule has 6 nitrogen and oxygen atoms in total. The molecule has 0 aromatic carbocycles. The minimum absolute atomic E-state index is 0.109. The van der Waals surface area contributed by atoms with Crippen molar-refractivity contribution < 1.29 is 5.11 Å². The van der Waals surface area contributed by atoms with Gasteiger partial charge in [0.25, 0.3) is 0 Å². The van der Waals surface area contributed by atoms with Crippen LogP contribution < -0.4 is 0 Å². The van der Waals surface area contributed by atoms with E-state index in [-0.39, 0.29) is 6.61 Å². The number of hydrogen-bond donors (Lipinski definition) is 1. The predicted molar refractivity (Wildman–Crippen MR) is 77.4 cm³/mol. The van der Waals surface area contributed by atoms with Gasteiger partial charge in [-0.1, -0.05) is 0 Å². The Morgan fingerprint density at radius 3 is 2.80 bits per heavy atom. The maximum absolute atomic E-state index is 9.27. The van der Waals surface area contributed by atoms with Gasteiger partial charge in [0.05, 0.1) is 13.2 Å². The lowest BCUT2D eigenvalue weighted by Gasteiger charge is -2.32. The normalized spacial score (nSPS) is 17.9. The first-order valence-electron chi connectivity index (χ1n) is 7.10. The number of likely N-dealkylation sites (N-methyl/N-ethyl adjacent to an activating group) is 1. The highest BCUT2D eigenvalue weighted by Crippen LogP contribution is 2.15. The summed E-state index contributed by atoms with van der Waals surface area (Å²) in [5.74, 6) is 0.998. The Labute approximate surface area is 118 Å². The van der Waals surface area contributed by atoms with Crippen LogP contribution in [0, 0.1) is 0 Å². The van der Waals surface area contributed by atoms with Gasteiger partial charge in [0.2, 0.25) is 0 Å². The molecule has 0 spiro atoms. The van der Waals surface area contributed by atoms with Gasteiger partial charge in [-0.3, -0.25) is 4.90 Å². The summed E-state index contributed by atoms with van der Waals surface area (Å²) < 4.78 is 2.04. The molecule has 0 amide bonds. The highest BCUT2D eigenvalue weighted by Gasteiger charge is 2.18. The van der Waals surface area contributed by atoms with Gasteiger partial charge in [0.1, 0.15) is 11.3 Å². The summed E-state index contributed by atoms with van der Waals surface area (Å²) in [6, 6.07) is 3.88. The number of fused-ring (bicyclic) bond motifs is 1. The molecular formula is C14H21N5O. The Bertz CT molecular complexity index is 574. The average Bonchev–Trinajstić information content (AvgIpc) is 2.80. The molecule has 1 saturated heterocycles. The van der Waals surface area contributed by atoms with Crippen LogP contribution in [0.25, 0.3) is 11.2 Å². The molecular weight excluding hydrogens is 254 g/mol. The van der Waals surface area contributed by atoms with E-state index < -0.39 is 0 Å². The van der Waals surface area contributed by atoms with E-state index in [0.717, 1.165) is 49.7 Å². The second-order valence-corrected chi connectivity index (χ2v) is 5.33. The van der Waals surface area contributed by atoms with Crippen molar-refractivity contribution >= 4 is 11.2 Å². The van der Waals surface area contributed by atoms with Gasteiger partial charge in [-0.05, 0) is 19.2 Å². The van der Waals surface area contributed by atoms with Crippen LogP contribution in [0.1, 0.15) is 5.82 Å². The van der Waals surface area contributed by atoms with Crippen LogP contribution in [0.3, 0.4) is 0 Å². The van der Waals surface area contributed by atoms with Crippen molar-refractivity contribution in [2.75, 3.05) is 39.8 Å². The third kappa shape index (κ3) is 2.67. The Morgan fingerprint density at radius 1 is 1.25 bits per heavy atom. The van der Waals surface area contributed by atoms with Gasteiger partial charge in [-0.15, -0.1) is 0 Å². The molecule has 1 aliphatic rings. The number of imidazole rings is 1.